The highest BCUT2D eigenvalue weighted by molar-refractivity contribution is 5.95. The van der Waals surface area contributed by atoms with E-state index >= 15 is 0 Å². The molecule has 0 bridgehead atoms. The van der Waals surface area contributed by atoms with Crippen molar-refractivity contribution >= 4 is 22.4 Å². The second kappa shape index (κ2) is 11.1. The second-order valence-corrected chi connectivity index (χ2v) is 10.5. The summed E-state index contributed by atoms with van der Waals surface area (Å²) < 4.78 is 7.07. The van der Waals surface area contributed by atoms with E-state index in [1.54, 1.807) is 4.68 Å². The van der Waals surface area contributed by atoms with Crippen LogP contribution in [-0.4, -0.2) is 80.3 Å². The van der Waals surface area contributed by atoms with Gasteiger partial charge < -0.3 is 9.64 Å². The molecule has 0 radical (unpaired) electrons. The third kappa shape index (κ3) is 5.29. The van der Waals surface area contributed by atoms with Gasteiger partial charge in [0.25, 0.3) is 5.91 Å². The maximum atomic E-state index is 12.8. The van der Waals surface area contributed by atoms with Gasteiger partial charge in [0.15, 0.2) is 0 Å². The zero-order valence-corrected chi connectivity index (χ0v) is 22.7. The number of hydrogen-bond donors (Lipinski definition) is 1. The van der Waals surface area contributed by atoms with Crippen molar-refractivity contribution in [2.75, 3.05) is 39.4 Å². The van der Waals surface area contributed by atoms with Crippen LogP contribution in [0.2, 0.25) is 0 Å². The normalized spacial score (nSPS) is 16.2. The number of carbonyl (C=O) groups is 1. The molecule has 1 amide bonds. The zero-order valence-electron chi connectivity index (χ0n) is 22.7. The minimum Gasteiger partial charge on any atom is -0.378 e. The number of amides is 1. The molecule has 9 heteroatoms. The maximum Gasteiger partial charge on any atom is 0.254 e. The van der Waals surface area contributed by atoms with E-state index in [9.17, 15) is 4.79 Å². The summed E-state index contributed by atoms with van der Waals surface area (Å²) in [6, 6.07) is 24.6. The van der Waals surface area contributed by atoms with Gasteiger partial charge in [-0.3, -0.25) is 14.8 Å². The number of aromatic nitrogens is 5. The minimum absolute atomic E-state index is 0.0231. The molecular weight excluding hydrogens is 514 g/mol. The first-order valence-corrected chi connectivity index (χ1v) is 14.1. The Morgan fingerprint density at radius 2 is 1.78 bits per heavy atom. The fraction of sp³-hybridized carbons (Fsp3) is 0.250. The number of nitrogens with zero attached hydrogens (tertiary/aromatic N) is 6. The van der Waals surface area contributed by atoms with Crippen molar-refractivity contribution in [3.8, 4) is 17.1 Å². The van der Waals surface area contributed by atoms with E-state index in [-0.39, 0.29) is 5.91 Å². The molecule has 41 heavy (non-hydrogen) atoms. The monoisotopic (exact) mass is 545 g/mol. The predicted molar refractivity (Wildman–Crippen MR) is 157 cm³/mol. The Hall–Kier alpha value is -4.60. The Bertz CT molecular complexity index is 1700. The molecule has 0 spiro atoms. The zero-order chi connectivity index (χ0) is 27.6. The molecule has 2 aromatic heterocycles. The summed E-state index contributed by atoms with van der Waals surface area (Å²) >= 11 is 0. The molecule has 1 fully saturated rings. The van der Waals surface area contributed by atoms with Gasteiger partial charge >= 0.3 is 0 Å². The molecule has 5 aromatic rings. The van der Waals surface area contributed by atoms with Crippen LogP contribution in [0.5, 0.6) is 0 Å². The highest BCUT2D eigenvalue weighted by atomic mass is 16.5. The summed E-state index contributed by atoms with van der Waals surface area (Å²) in [4.78, 5) is 17.1. The van der Waals surface area contributed by atoms with E-state index in [0.717, 1.165) is 48.3 Å². The fourth-order valence-corrected chi connectivity index (χ4v) is 5.57. The quantitative estimate of drug-likeness (QED) is 0.336. The van der Waals surface area contributed by atoms with Crippen LogP contribution in [0.1, 0.15) is 27.9 Å². The number of aromatic amines is 1. The minimum atomic E-state index is 0.0231. The number of morpholine rings is 1. The standard InChI is InChI=1S/C32H31N7O2/c40-32(38-16-18-41-19-17-38)25-6-9-27(10-7-25)39-22-30(34-36-39)31-28-20-26(8-11-29(28)33-35-31)24-12-14-37(15-13-24)21-23-4-2-1-3-5-23/h1-12,20,22H,13-19,21H2,(H,33,35). The first-order valence-electron chi connectivity index (χ1n) is 14.1. The van der Waals surface area contributed by atoms with Gasteiger partial charge in [-0.05, 0) is 59.5 Å². The molecule has 0 atom stereocenters. The Balaban J connectivity index is 1.08. The third-order valence-electron chi connectivity index (χ3n) is 7.89. The highest BCUT2D eigenvalue weighted by Crippen LogP contribution is 2.30. The van der Waals surface area contributed by atoms with Crippen LogP contribution >= 0.6 is 0 Å². The molecule has 7 rings (SSSR count). The van der Waals surface area contributed by atoms with Crippen LogP contribution in [0, 0.1) is 0 Å². The topological polar surface area (TPSA) is 92.2 Å². The lowest BCUT2D eigenvalue weighted by molar-refractivity contribution is 0.0303. The smallest absolute Gasteiger partial charge is 0.254 e. The number of ether oxygens (including phenoxy) is 1. The van der Waals surface area contributed by atoms with Crippen molar-refractivity contribution in [2.24, 2.45) is 0 Å². The summed E-state index contributed by atoms with van der Waals surface area (Å²) in [5.41, 5.74) is 7.83. The molecule has 0 saturated carbocycles. The lowest BCUT2D eigenvalue weighted by Gasteiger charge is -2.26. The van der Waals surface area contributed by atoms with Crippen LogP contribution < -0.4 is 0 Å². The average molecular weight is 546 g/mol. The van der Waals surface area contributed by atoms with Crippen molar-refractivity contribution in [1.82, 2.24) is 35.0 Å². The molecule has 0 unspecified atom stereocenters. The highest BCUT2D eigenvalue weighted by Gasteiger charge is 2.19. The lowest BCUT2D eigenvalue weighted by Crippen LogP contribution is -2.40. The largest absolute Gasteiger partial charge is 0.378 e. The molecule has 4 heterocycles. The predicted octanol–water partition coefficient (Wildman–Crippen LogP) is 4.57. The van der Waals surface area contributed by atoms with Gasteiger partial charge in [-0.15, -0.1) is 5.10 Å². The number of fused-ring (bicyclic) bond motifs is 1. The van der Waals surface area contributed by atoms with Crippen molar-refractivity contribution in [1.29, 1.82) is 0 Å². The fourth-order valence-electron chi connectivity index (χ4n) is 5.57. The van der Waals surface area contributed by atoms with Gasteiger partial charge in [-0.1, -0.05) is 47.7 Å². The van der Waals surface area contributed by atoms with E-state index in [2.05, 4.69) is 80.0 Å². The molecular formula is C32H31N7O2. The van der Waals surface area contributed by atoms with E-state index in [0.29, 0.717) is 37.6 Å². The van der Waals surface area contributed by atoms with Gasteiger partial charge in [-0.25, -0.2) is 4.68 Å². The van der Waals surface area contributed by atoms with Crippen LogP contribution in [0.15, 0.2) is 85.1 Å². The number of carbonyl (C=O) groups excluding carboxylic acids is 1. The van der Waals surface area contributed by atoms with Gasteiger partial charge in [0.1, 0.15) is 11.4 Å². The second-order valence-electron chi connectivity index (χ2n) is 10.5. The maximum absolute atomic E-state index is 12.8. The average Bonchev–Trinajstić information content (AvgIpc) is 3.69. The van der Waals surface area contributed by atoms with Crippen LogP contribution in [-0.2, 0) is 11.3 Å². The van der Waals surface area contributed by atoms with Crippen molar-refractivity contribution < 1.29 is 9.53 Å². The van der Waals surface area contributed by atoms with Crippen molar-refractivity contribution in [2.45, 2.75) is 13.0 Å². The Kier molecular flexibility index (Phi) is 6.88. The molecule has 2 aliphatic rings. The first-order chi connectivity index (χ1) is 20.2. The van der Waals surface area contributed by atoms with Gasteiger partial charge in [-0.2, -0.15) is 5.10 Å². The van der Waals surface area contributed by atoms with Crippen LogP contribution in [0.3, 0.4) is 0 Å². The van der Waals surface area contributed by atoms with E-state index in [1.807, 2.05) is 35.4 Å². The molecule has 0 aliphatic carbocycles. The van der Waals surface area contributed by atoms with Crippen molar-refractivity contribution in [3.05, 3.63) is 102 Å². The SMILES string of the molecule is O=C(c1ccc(-n2cc(-c3n[nH]c4ccc(C5=CCN(Cc6ccccc6)CC5)cc34)nn2)cc1)N1CCOCC1. The van der Waals surface area contributed by atoms with Crippen molar-refractivity contribution in [3.63, 3.8) is 0 Å². The Morgan fingerprint density at radius 1 is 0.951 bits per heavy atom. The summed E-state index contributed by atoms with van der Waals surface area (Å²) in [7, 11) is 0. The number of hydrogen-bond acceptors (Lipinski definition) is 6. The molecule has 9 nitrogen and oxygen atoms in total. The molecule has 1 saturated heterocycles. The van der Waals surface area contributed by atoms with E-state index in [1.165, 1.54) is 16.7 Å². The summed E-state index contributed by atoms with van der Waals surface area (Å²) in [6.45, 7) is 5.35. The molecule has 1 N–H and O–H groups in total. The molecule has 3 aromatic carbocycles. The van der Waals surface area contributed by atoms with Crippen LogP contribution in [0.25, 0.3) is 33.6 Å². The van der Waals surface area contributed by atoms with Crippen LogP contribution in [0.4, 0.5) is 0 Å². The summed E-state index contributed by atoms with van der Waals surface area (Å²) in [6.07, 6.45) is 5.23. The molecule has 2 aliphatic heterocycles. The van der Waals surface area contributed by atoms with E-state index in [4.69, 9.17) is 4.74 Å². The third-order valence-corrected chi connectivity index (χ3v) is 7.89. The van der Waals surface area contributed by atoms with E-state index < -0.39 is 0 Å². The Labute approximate surface area is 238 Å². The van der Waals surface area contributed by atoms with Gasteiger partial charge in [0.05, 0.1) is 30.6 Å². The molecule has 206 valence electrons. The number of rotatable bonds is 6. The summed E-state index contributed by atoms with van der Waals surface area (Å²) in [5, 5.41) is 17.5. The first kappa shape index (κ1) is 25.4. The lowest BCUT2D eigenvalue weighted by atomic mass is 9.97. The number of H-pyrrole nitrogens is 1. The van der Waals surface area contributed by atoms with Gasteiger partial charge in [0.2, 0.25) is 0 Å². The number of nitrogens with one attached hydrogen (secondary N) is 1. The summed E-state index contributed by atoms with van der Waals surface area (Å²) in [5.74, 6) is 0.0231. The Morgan fingerprint density at radius 3 is 2.56 bits per heavy atom. The van der Waals surface area contributed by atoms with Gasteiger partial charge in [0, 0.05) is 43.7 Å². The number of benzene rings is 3.